The number of anilines is 1. The molecule has 0 bridgehead atoms. The second kappa shape index (κ2) is 8.26. The monoisotopic (exact) mass is 384 g/mol. The van der Waals surface area contributed by atoms with E-state index >= 15 is 0 Å². The van der Waals surface area contributed by atoms with Crippen molar-refractivity contribution in [3.05, 3.63) is 35.8 Å². The molecule has 0 N–H and O–H groups in total. The number of hydrogen-bond donors (Lipinski definition) is 0. The number of imidazole rings is 1. The molecule has 0 unspecified atom stereocenters. The zero-order valence-electron chi connectivity index (χ0n) is 16.7. The third-order valence-corrected chi connectivity index (χ3v) is 5.78. The first-order chi connectivity index (χ1) is 13.6. The second-order valence-electron chi connectivity index (χ2n) is 7.61. The van der Waals surface area contributed by atoms with Crippen molar-refractivity contribution in [1.29, 1.82) is 0 Å². The van der Waals surface area contributed by atoms with Crippen LogP contribution in [0.1, 0.15) is 35.8 Å². The van der Waals surface area contributed by atoms with Gasteiger partial charge in [0.25, 0.3) is 0 Å². The number of rotatable bonds is 4. The number of amides is 1. The Bertz CT molecular complexity index is 808. The van der Waals surface area contributed by atoms with E-state index in [0.717, 1.165) is 75.1 Å². The highest BCUT2D eigenvalue weighted by Gasteiger charge is 2.27. The van der Waals surface area contributed by atoms with Crippen LogP contribution in [0, 0.1) is 13.8 Å². The van der Waals surface area contributed by atoms with Gasteiger partial charge >= 0.3 is 0 Å². The molecule has 2 saturated heterocycles. The van der Waals surface area contributed by atoms with Crippen LogP contribution in [0.25, 0.3) is 0 Å². The minimum absolute atomic E-state index is 0.145. The second-order valence-corrected chi connectivity index (χ2v) is 7.61. The van der Waals surface area contributed by atoms with E-state index in [1.807, 2.05) is 15.7 Å². The molecule has 4 heterocycles. The van der Waals surface area contributed by atoms with Crippen molar-refractivity contribution in [1.82, 2.24) is 24.4 Å². The third-order valence-electron chi connectivity index (χ3n) is 5.78. The van der Waals surface area contributed by atoms with Gasteiger partial charge in [0.15, 0.2) is 0 Å². The Labute approximate surface area is 165 Å². The Morgan fingerprint density at radius 1 is 1.14 bits per heavy atom. The summed E-state index contributed by atoms with van der Waals surface area (Å²) in [6, 6.07) is 0. The zero-order chi connectivity index (χ0) is 19.5. The Hall–Kier alpha value is -2.48. The lowest BCUT2D eigenvalue weighted by Crippen LogP contribution is -2.40. The predicted molar refractivity (Wildman–Crippen MR) is 105 cm³/mol. The van der Waals surface area contributed by atoms with E-state index in [-0.39, 0.29) is 5.91 Å². The number of ether oxygens (including phenoxy) is 1. The summed E-state index contributed by atoms with van der Waals surface area (Å²) >= 11 is 0. The summed E-state index contributed by atoms with van der Waals surface area (Å²) in [6.45, 7) is 9.25. The summed E-state index contributed by atoms with van der Waals surface area (Å²) in [6.07, 6.45) is 7.01. The number of nitrogens with zero attached hydrogens (tertiary/aromatic N) is 6. The van der Waals surface area contributed by atoms with Crippen molar-refractivity contribution < 1.29 is 9.53 Å². The van der Waals surface area contributed by atoms with E-state index in [0.29, 0.717) is 12.5 Å². The smallest absolute Gasteiger partial charge is 0.242 e. The van der Waals surface area contributed by atoms with Gasteiger partial charge in [-0.1, -0.05) is 0 Å². The van der Waals surface area contributed by atoms with Crippen LogP contribution in [0.3, 0.4) is 0 Å². The van der Waals surface area contributed by atoms with Gasteiger partial charge in [-0.2, -0.15) is 0 Å². The van der Waals surface area contributed by atoms with Crippen LogP contribution in [0.2, 0.25) is 0 Å². The van der Waals surface area contributed by atoms with E-state index in [1.165, 1.54) is 0 Å². The van der Waals surface area contributed by atoms with Crippen molar-refractivity contribution in [2.75, 3.05) is 44.3 Å². The SMILES string of the molecule is Cc1nc(C2CCN(C(=O)Cn3ccnc3)CC2)nc(N2CCOCC2)c1C. The number of carbonyl (C=O) groups is 1. The van der Waals surface area contributed by atoms with Crippen molar-refractivity contribution >= 4 is 11.7 Å². The third kappa shape index (κ3) is 4.01. The summed E-state index contributed by atoms with van der Waals surface area (Å²) in [5.41, 5.74) is 2.20. The number of carbonyl (C=O) groups excluding carboxylic acids is 1. The Balaban J connectivity index is 1.42. The van der Waals surface area contributed by atoms with E-state index in [9.17, 15) is 4.79 Å². The largest absolute Gasteiger partial charge is 0.378 e. The first kappa shape index (κ1) is 18.9. The average molecular weight is 384 g/mol. The molecule has 28 heavy (non-hydrogen) atoms. The lowest BCUT2D eigenvalue weighted by molar-refractivity contribution is -0.132. The Kier molecular flexibility index (Phi) is 5.57. The molecule has 2 fully saturated rings. The van der Waals surface area contributed by atoms with E-state index < -0.39 is 0 Å². The molecule has 2 aliphatic rings. The van der Waals surface area contributed by atoms with Gasteiger partial charge in [-0.3, -0.25) is 4.79 Å². The van der Waals surface area contributed by atoms with Crippen LogP contribution in [0.15, 0.2) is 18.7 Å². The molecule has 2 aliphatic heterocycles. The molecule has 8 nitrogen and oxygen atoms in total. The molecule has 0 radical (unpaired) electrons. The number of morpholine rings is 1. The fraction of sp³-hybridized carbons (Fsp3) is 0.600. The summed E-state index contributed by atoms with van der Waals surface area (Å²) < 4.78 is 7.30. The van der Waals surface area contributed by atoms with Gasteiger partial charge in [-0.25, -0.2) is 15.0 Å². The highest BCUT2D eigenvalue weighted by Crippen LogP contribution is 2.29. The molecule has 0 spiro atoms. The first-order valence-corrected chi connectivity index (χ1v) is 10.0. The Morgan fingerprint density at radius 2 is 1.89 bits per heavy atom. The van der Waals surface area contributed by atoms with Gasteiger partial charge in [-0.15, -0.1) is 0 Å². The average Bonchev–Trinajstić information content (AvgIpc) is 3.24. The molecule has 0 aromatic carbocycles. The lowest BCUT2D eigenvalue weighted by atomic mass is 9.95. The maximum absolute atomic E-state index is 12.5. The molecule has 8 heteroatoms. The lowest BCUT2D eigenvalue weighted by Gasteiger charge is -2.33. The number of aryl methyl sites for hydroxylation is 1. The molecular formula is C20H28N6O2. The molecule has 2 aromatic heterocycles. The fourth-order valence-electron chi connectivity index (χ4n) is 3.92. The number of aromatic nitrogens is 4. The van der Waals surface area contributed by atoms with E-state index in [4.69, 9.17) is 14.7 Å². The van der Waals surface area contributed by atoms with Crippen LogP contribution in [0.5, 0.6) is 0 Å². The zero-order valence-corrected chi connectivity index (χ0v) is 16.7. The molecule has 0 atom stereocenters. The fourth-order valence-corrected chi connectivity index (χ4v) is 3.92. The number of piperidine rings is 1. The highest BCUT2D eigenvalue weighted by molar-refractivity contribution is 5.76. The van der Waals surface area contributed by atoms with Gasteiger partial charge < -0.3 is 19.1 Å². The molecule has 0 aliphatic carbocycles. The predicted octanol–water partition coefficient (Wildman–Crippen LogP) is 1.53. The summed E-state index contributed by atoms with van der Waals surface area (Å²) in [4.78, 5) is 30.5. The van der Waals surface area contributed by atoms with Gasteiger partial charge in [-0.05, 0) is 26.7 Å². The van der Waals surface area contributed by atoms with Crippen LogP contribution < -0.4 is 4.90 Å². The maximum atomic E-state index is 12.5. The van der Waals surface area contributed by atoms with Crippen LogP contribution >= 0.6 is 0 Å². The van der Waals surface area contributed by atoms with Crippen molar-refractivity contribution in [2.24, 2.45) is 0 Å². The number of hydrogen-bond acceptors (Lipinski definition) is 6. The molecule has 0 saturated carbocycles. The van der Waals surface area contributed by atoms with E-state index in [1.54, 1.807) is 12.5 Å². The topological polar surface area (TPSA) is 76.4 Å². The molecule has 150 valence electrons. The minimum atomic E-state index is 0.145. The first-order valence-electron chi connectivity index (χ1n) is 10.0. The van der Waals surface area contributed by atoms with Crippen molar-refractivity contribution in [3.8, 4) is 0 Å². The number of likely N-dealkylation sites (tertiary alicyclic amines) is 1. The van der Waals surface area contributed by atoms with Crippen LogP contribution in [-0.2, 0) is 16.1 Å². The van der Waals surface area contributed by atoms with E-state index in [2.05, 4.69) is 23.7 Å². The van der Waals surface area contributed by atoms with Gasteiger partial charge in [0.2, 0.25) is 5.91 Å². The molecule has 2 aromatic rings. The summed E-state index contributed by atoms with van der Waals surface area (Å²) in [5, 5.41) is 0. The van der Waals surface area contributed by atoms with Crippen molar-refractivity contribution in [2.45, 2.75) is 39.2 Å². The summed E-state index contributed by atoms with van der Waals surface area (Å²) in [5.74, 6) is 2.42. The van der Waals surface area contributed by atoms with Crippen molar-refractivity contribution in [3.63, 3.8) is 0 Å². The molecule has 4 rings (SSSR count). The normalized spacial score (nSPS) is 18.5. The van der Waals surface area contributed by atoms with Crippen LogP contribution in [0.4, 0.5) is 5.82 Å². The molecule has 1 amide bonds. The minimum Gasteiger partial charge on any atom is -0.378 e. The summed E-state index contributed by atoms with van der Waals surface area (Å²) in [7, 11) is 0. The highest BCUT2D eigenvalue weighted by atomic mass is 16.5. The maximum Gasteiger partial charge on any atom is 0.242 e. The molecular weight excluding hydrogens is 356 g/mol. The van der Waals surface area contributed by atoms with Crippen LogP contribution in [-0.4, -0.2) is 69.7 Å². The van der Waals surface area contributed by atoms with Gasteiger partial charge in [0.1, 0.15) is 18.2 Å². The van der Waals surface area contributed by atoms with Gasteiger partial charge in [0, 0.05) is 55.7 Å². The Morgan fingerprint density at radius 3 is 2.57 bits per heavy atom. The standard InChI is InChI=1S/C20H28N6O2/c1-15-16(2)22-19(23-20(15)26-9-11-28-12-10-26)17-3-6-25(7-4-17)18(27)13-24-8-5-21-14-24/h5,8,14,17H,3-4,6-7,9-13H2,1-2H3. The quantitative estimate of drug-likeness (QED) is 0.796. The van der Waals surface area contributed by atoms with Gasteiger partial charge in [0.05, 0.1) is 19.5 Å².